The van der Waals surface area contributed by atoms with E-state index >= 15 is 0 Å². The number of anilines is 1. The monoisotopic (exact) mass is 361 g/mol. The molecule has 2 fully saturated rings. The van der Waals surface area contributed by atoms with Crippen molar-refractivity contribution in [2.24, 2.45) is 5.92 Å². The summed E-state index contributed by atoms with van der Waals surface area (Å²) in [6, 6.07) is 4.21. The molecule has 2 aliphatic rings. The van der Waals surface area contributed by atoms with Crippen molar-refractivity contribution in [3.8, 4) is 0 Å². The fourth-order valence-electron chi connectivity index (χ4n) is 2.80. The lowest BCUT2D eigenvalue weighted by Gasteiger charge is -2.25. The standard InChI is InChI=1S/C15H23N5O.2ClH/c21-15(11-16-9-12-5-6-12)17-10-13-3-2-8-20(13)14-4-1-7-18-19-14;;/h1,4,7,12-13,16H,2-3,5-6,8-11H2,(H,17,21);2*1H. The SMILES string of the molecule is Cl.Cl.O=C(CNCC1CC1)NCC1CCCN1c1cccnn1. The molecule has 3 rings (SSSR count). The molecule has 1 aliphatic heterocycles. The van der Waals surface area contributed by atoms with Crippen molar-refractivity contribution in [1.82, 2.24) is 20.8 Å². The number of carbonyl (C=O) groups excluding carboxylic acids is 1. The van der Waals surface area contributed by atoms with E-state index in [1.54, 1.807) is 6.20 Å². The number of aromatic nitrogens is 2. The van der Waals surface area contributed by atoms with E-state index in [1.807, 2.05) is 12.1 Å². The summed E-state index contributed by atoms with van der Waals surface area (Å²) in [7, 11) is 0. The molecule has 1 saturated heterocycles. The van der Waals surface area contributed by atoms with Crippen LogP contribution in [0.3, 0.4) is 0 Å². The van der Waals surface area contributed by atoms with Crippen LogP contribution in [-0.4, -0.2) is 48.3 Å². The number of rotatable bonds is 7. The summed E-state index contributed by atoms with van der Waals surface area (Å²) in [6.07, 6.45) is 6.53. The van der Waals surface area contributed by atoms with Gasteiger partial charge in [0.1, 0.15) is 0 Å². The van der Waals surface area contributed by atoms with Gasteiger partial charge in [0.2, 0.25) is 5.91 Å². The molecule has 1 saturated carbocycles. The van der Waals surface area contributed by atoms with Gasteiger partial charge in [-0.25, -0.2) is 0 Å². The maximum absolute atomic E-state index is 11.8. The summed E-state index contributed by atoms with van der Waals surface area (Å²) in [6.45, 7) is 3.07. The molecule has 0 aromatic carbocycles. The van der Waals surface area contributed by atoms with Gasteiger partial charge in [0, 0.05) is 25.3 Å². The Hall–Kier alpha value is -1.11. The van der Waals surface area contributed by atoms with Gasteiger partial charge in [0.05, 0.1) is 6.54 Å². The van der Waals surface area contributed by atoms with Crippen molar-refractivity contribution < 1.29 is 4.79 Å². The number of nitrogens with one attached hydrogen (secondary N) is 2. The molecule has 1 unspecified atom stereocenters. The smallest absolute Gasteiger partial charge is 0.234 e. The molecule has 1 aliphatic carbocycles. The van der Waals surface area contributed by atoms with Gasteiger partial charge >= 0.3 is 0 Å². The van der Waals surface area contributed by atoms with Gasteiger partial charge in [-0.05, 0) is 50.3 Å². The molecule has 1 aromatic rings. The minimum Gasteiger partial charge on any atom is -0.353 e. The average molecular weight is 362 g/mol. The van der Waals surface area contributed by atoms with Crippen molar-refractivity contribution in [3.63, 3.8) is 0 Å². The number of hydrogen-bond donors (Lipinski definition) is 2. The van der Waals surface area contributed by atoms with Crippen molar-refractivity contribution in [2.75, 3.05) is 31.1 Å². The first-order chi connectivity index (χ1) is 10.3. The summed E-state index contributed by atoms with van der Waals surface area (Å²) in [4.78, 5) is 14.1. The minimum absolute atomic E-state index is 0. The molecule has 8 heteroatoms. The predicted molar refractivity (Wildman–Crippen MR) is 95.5 cm³/mol. The first kappa shape index (κ1) is 19.9. The first-order valence-electron chi connectivity index (χ1n) is 7.84. The van der Waals surface area contributed by atoms with E-state index in [4.69, 9.17) is 0 Å². The Bertz CT molecular complexity index is 472. The van der Waals surface area contributed by atoms with E-state index in [2.05, 4.69) is 25.7 Å². The third-order valence-electron chi connectivity index (χ3n) is 4.18. The van der Waals surface area contributed by atoms with Crippen LogP contribution in [0.15, 0.2) is 18.3 Å². The van der Waals surface area contributed by atoms with E-state index < -0.39 is 0 Å². The Balaban J connectivity index is 0.00000132. The zero-order chi connectivity index (χ0) is 14.5. The Morgan fingerprint density at radius 1 is 1.26 bits per heavy atom. The molecule has 2 heterocycles. The van der Waals surface area contributed by atoms with Crippen LogP contribution in [0.2, 0.25) is 0 Å². The van der Waals surface area contributed by atoms with Crippen molar-refractivity contribution >= 4 is 36.5 Å². The summed E-state index contributed by atoms with van der Waals surface area (Å²) in [5.74, 6) is 1.79. The Morgan fingerprint density at radius 2 is 2.09 bits per heavy atom. The third kappa shape index (κ3) is 6.12. The molecule has 23 heavy (non-hydrogen) atoms. The van der Waals surface area contributed by atoms with E-state index in [9.17, 15) is 4.79 Å². The van der Waals surface area contributed by atoms with Crippen LogP contribution in [0.25, 0.3) is 0 Å². The highest BCUT2D eigenvalue weighted by Gasteiger charge is 2.26. The number of amides is 1. The Kier molecular flexibility index (Phi) is 8.58. The normalized spacial score (nSPS) is 19.7. The van der Waals surface area contributed by atoms with Crippen LogP contribution in [-0.2, 0) is 4.79 Å². The first-order valence-corrected chi connectivity index (χ1v) is 7.84. The number of nitrogens with zero attached hydrogens (tertiary/aromatic N) is 3. The van der Waals surface area contributed by atoms with Crippen LogP contribution >= 0.6 is 24.8 Å². The molecule has 0 radical (unpaired) electrons. The van der Waals surface area contributed by atoms with Gasteiger partial charge in [-0.2, -0.15) is 5.10 Å². The number of hydrogen-bond acceptors (Lipinski definition) is 5. The molecule has 2 N–H and O–H groups in total. The predicted octanol–water partition coefficient (Wildman–Crippen LogP) is 1.40. The van der Waals surface area contributed by atoms with E-state index in [0.717, 1.165) is 37.7 Å². The highest BCUT2D eigenvalue weighted by molar-refractivity contribution is 5.85. The summed E-state index contributed by atoms with van der Waals surface area (Å²) < 4.78 is 0. The molecule has 1 amide bonds. The second-order valence-corrected chi connectivity index (χ2v) is 5.95. The Morgan fingerprint density at radius 3 is 2.78 bits per heavy atom. The Labute approximate surface area is 149 Å². The largest absolute Gasteiger partial charge is 0.353 e. The molecule has 6 nitrogen and oxygen atoms in total. The van der Waals surface area contributed by atoms with Crippen LogP contribution in [0.1, 0.15) is 25.7 Å². The van der Waals surface area contributed by atoms with Gasteiger partial charge in [0.15, 0.2) is 5.82 Å². The third-order valence-corrected chi connectivity index (χ3v) is 4.18. The maximum Gasteiger partial charge on any atom is 0.234 e. The van der Waals surface area contributed by atoms with Gasteiger partial charge in [-0.1, -0.05) is 0 Å². The zero-order valence-electron chi connectivity index (χ0n) is 13.1. The zero-order valence-corrected chi connectivity index (χ0v) is 14.7. The highest BCUT2D eigenvalue weighted by atomic mass is 35.5. The molecule has 0 spiro atoms. The molecule has 1 atom stereocenters. The maximum atomic E-state index is 11.8. The lowest BCUT2D eigenvalue weighted by molar-refractivity contribution is -0.120. The van der Waals surface area contributed by atoms with Crippen LogP contribution in [0, 0.1) is 5.92 Å². The van der Waals surface area contributed by atoms with Crippen LogP contribution in [0.5, 0.6) is 0 Å². The lowest BCUT2D eigenvalue weighted by atomic mass is 10.2. The summed E-state index contributed by atoms with van der Waals surface area (Å²) in [5.41, 5.74) is 0. The van der Waals surface area contributed by atoms with Crippen molar-refractivity contribution in [2.45, 2.75) is 31.7 Å². The second kappa shape index (κ2) is 9.90. The summed E-state index contributed by atoms with van der Waals surface area (Å²) >= 11 is 0. The molecule has 1 aromatic heterocycles. The van der Waals surface area contributed by atoms with Crippen molar-refractivity contribution in [3.05, 3.63) is 18.3 Å². The van der Waals surface area contributed by atoms with Crippen molar-refractivity contribution in [1.29, 1.82) is 0 Å². The van der Waals surface area contributed by atoms with Crippen LogP contribution < -0.4 is 15.5 Å². The van der Waals surface area contributed by atoms with Gasteiger partial charge in [0.25, 0.3) is 0 Å². The van der Waals surface area contributed by atoms with E-state index in [-0.39, 0.29) is 30.7 Å². The topological polar surface area (TPSA) is 70.2 Å². The number of carbonyl (C=O) groups is 1. The second-order valence-electron chi connectivity index (χ2n) is 5.95. The van der Waals surface area contributed by atoms with E-state index in [0.29, 0.717) is 19.1 Å². The number of halogens is 2. The molecular formula is C15H25Cl2N5O. The van der Waals surface area contributed by atoms with Gasteiger partial charge < -0.3 is 15.5 Å². The molecule has 130 valence electrons. The quantitative estimate of drug-likeness (QED) is 0.768. The van der Waals surface area contributed by atoms with Crippen LogP contribution in [0.4, 0.5) is 5.82 Å². The molecular weight excluding hydrogens is 337 g/mol. The minimum atomic E-state index is 0. The van der Waals surface area contributed by atoms with Gasteiger partial charge in [-0.3, -0.25) is 4.79 Å². The fourth-order valence-corrected chi connectivity index (χ4v) is 2.80. The van der Waals surface area contributed by atoms with E-state index in [1.165, 1.54) is 12.8 Å². The van der Waals surface area contributed by atoms with Gasteiger partial charge in [-0.15, -0.1) is 29.9 Å². The lowest BCUT2D eigenvalue weighted by Crippen LogP contribution is -2.43. The summed E-state index contributed by atoms with van der Waals surface area (Å²) in [5, 5.41) is 14.3. The average Bonchev–Trinajstić information content (AvgIpc) is 3.21. The highest BCUT2D eigenvalue weighted by Crippen LogP contribution is 2.27. The fraction of sp³-hybridized carbons (Fsp3) is 0.667. The molecule has 0 bridgehead atoms.